The number of nitrogens with one attached hydrogen (secondary N) is 2. The van der Waals surface area contributed by atoms with Crippen molar-refractivity contribution in [2.24, 2.45) is 0 Å². The quantitative estimate of drug-likeness (QED) is 0.571. The van der Waals surface area contributed by atoms with Crippen LogP contribution in [0, 0.1) is 0 Å². The summed E-state index contributed by atoms with van der Waals surface area (Å²) in [6.07, 6.45) is 2.89. The predicted octanol–water partition coefficient (Wildman–Crippen LogP) is 0.809. The summed E-state index contributed by atoms with van der Waals surface area (Å²) in [7, 11) is 0. The molecule has 84 valence electrons. The average molecular weight is 219 g/mol. The fourth-order valence-electron chi connectivity index (χ4n) is 0.978. The van der Waals surface area contributed by atoms with Gasteiger partial charge in [0.05, 0.1) is 0 Å². The van der Waals surface area contributed by atoms with Gasteiger partial charge in [0.15, 0.2) is 0 Å². The van der Waals surface area contributed by atoms with Crippen LogP contribution in [0.1, 0.15) is 24.3 Å². The number of hydrogen-bond acceptors (Lipinski definition) is 3. The second-order valence-corrected chi connectivity index (χ2v) is 3.38. The number of nitrogens with zero attached hydrogens (tertiary/aromatic N) is 1. The van der Waals surface area contributed by atoms with Gasteiger partial charge in [-0.2, -0.15) is 0 Å². The van der Waals surface area contributed by atoms with Crippen molar-refractivity contribution in [2.45, 2.75) is 13.8 Å². The first-order valence-corrected chi connectivity index (χ1v) is 4.76. The molecule has 0 aromatic carbocycles. The zero-order valence-corrected chi connectivity index (χ0v) is 9.15. The molecule has 5 heteroatoms. The number of allylic oxidation sites excluding steroid dienone is 1. The Morgan fingerprint density at radius 2 is 2.00 bits per heavy atom. The minimum Gasteiger partial charge on any atom is -0.268 e. The molecule has 0 bridgehead atoms. The molecule has 1 aromatic heterocycles. The van der Waals surface area contributed by atoms with Gasteiger partial charge in [-0.1, -0.05) is 11.6 Å². The van der Waals surface area contributed by atoms with Gasteiger partial charge in [-0.3, -0.25) is 25.4 Å². The summed E-state index contributed by atoms with van der Waals surface area (Å²) < 4.78 is 0. The molecular formula is C11H13N3O2. The summed E-state index contributed by atoms with van der Waals surface area (Å²) in [6.45, 7) is 3.58. The number of amides is 2. The Balaban J connectivity index is 2.48. The van der Waals surface area contributed by atoms with Crippen LogP contribution in [0.4, 0.5) is 0 Å². The molecule has 0 saturated heterocycles. The Hall–Kier alpha value is -2.17. The highest BCUT2D eigenvalue weighted by Gasteiger charge is 2.05. The van der Waals surface area contributed by atoms with Crippen LogP contribution < -0.4 is 10.9 Å². The summed E-state index contributed by atoms with van der Waals surface area (Å²) in [4.78, 5) is 26.4. The van der Waals surface area contributed by atoms with Crippen LogP contribution in [0.5, 0.6) is 0 Å². The maximum absolute atomic E-state index is 11.4. The van der Waals surface area contributed by atoms with Crippen molar-refractivity contribution in [1.29, 1.82) is 0 Å². The molecule has 0 unspecified atom stereocenters. The number of carbonyl (C=O) groups is 2. The van der Waals surface area contributed by atoms with E-state index >= 15 is 0 Å². The lowest BCUT2D eigenvalue weighted by molar-refractivity contribution is -0.117. The highest BCUT2D eigenvalue weighted by Crippen LogP contribution is 1.91. The SMILES string of the molecule is CC(C)=CC(=O)NNC(=O)c1ccccn1. The van der Waals surface area contributed by atoms with E-state index in [1.54, 1.807) is 32.0 Å². The molecule has 1 aromatic rings. The Morgan fingerprint density at radius 3 is 2.56 bits per heavy atom. The van der Waals surface area contributed by atoms with Crippen molar-refractivity contribution < 1.29 is 9.59 Å². The average Bonchev–Trinajstić information content (AvgIpc) is 2.26. The first-order valence-electron chi connectivity index (χ1n) is 4.76. The maximum atomic E-state index is 11.4. The maximum Gasteiger partial charge on any atom is 0.288 e. The number of rotatable bonds is 2. The van der Waals surface area contributed by atoms with Gasteiger partial charge in [0.2, 0.25) is 0 Å². The van der Waals surface area contributed by atoms with Crippen molar-refractivity contribution in [3.8, 4) is 0 Å². The van der Waals surface area contributed by atoms with Crippen LogP contribution in [-0.2, 0) is 4.79 Å². The van der Waals surface area contributed by atoms with Crippen molar-refractivity contribution >= 4 is 11.8 Å². The molecule has 0 saturated carbocycles. The lowest BCUT2D eigenvalue weighted by Gasteiger charge is -2.04. The molecule has 5 nitrogen and oxygen atoms in total. The third kappa shape index (κ3) is 3.91. The summed E-state index contributed by atoms with van der Waals surface area (Å²) in [6, 6.07) is 4.96. The van der Waals surface area contributed by atoms with Crippen molar-refractivity contribution in [1.82, 2.24) is 15.8 Å². The summed E-state index contributed by atoms with van der Waals surface area (Å²) in [5.41, 5.74) is 5.62. The molecule has 0 fully saturated rings. The third-order valence-corrected chi connectivity index (χ3v) is 1.62. The van der Waals surface area contributed by atoms with E-state index in [0.717, 1.165) is 5.57 Å². The minimum absolute atomic E-state index is 0.250. The van der Waals surface area contributed by atoms with Gasteiger partial charge < -0.3 is 0 Å². The molecule has 0 atom stereocenters. The fraction of sp³-hybridized carbons (Fsp3) is 0.182. The first-order chi connectivity index (χ1) is 7.59. The molecular weight excluding hydrogens is 206 g/mol. The Morgan fingerprint density at radius 1 is 1.25 bits per heavy atom. The lowest BCUT2D eigenvalue weighted by atomic mass is 10.3. The van der Waals surface area contributed by atoms with Crippen molar-refractivity contribution in [3.05, 3.63) is 41.7 Å². The van der Waals surface area contributed by atoms with Gasteiger partial charge in [0.25, 0.3) is 11.8 Å². The van der Waals surface area contributed by atoms with E-state index < -0.39 is 5.91 Å². The normalized spacial score (nSPS) is 9.12. The second kappa shape index (κ2) is 5.65. The van der Waals surface area contributed by atoms with Crippen molar-refractivity contribution in [2.75, 3.05) is 0 Å². The Kier molecular flexibility index (Phi) is 4.20. The number of hydrazine groups is 1. The van der Waals surface area contributed by atoms with E-state index in [1.165, 1.54) is 12.3 Å². The standard InChI is InChI=1S/C11H13N3O2/c1-8(2)7-10(15)13-14-11(16)9-5-3-4-6-12-9/h3-7H,1-2H3,(H,13,15)(H,14,16). The van der Waals surface area contributed by atoms with E-state index in [-0.39, 0.29) is 11.6 Å². The van der Waals surface area contributed by atoms with Crippen molar-refractivity contribution in [3.63, 3.8) is 0 Å². The molecule has 2 N–H and O–H groups in total. The van der Waals surface area contributed by atoms with E-state index in [1.807, 2.05) is 0 Å². The molecule has 0 aliphatic carbocycles. The second-order valence-electron chi connectivity index (χ2n) is 3.38. The van der Waals surface area contributed by atoms with Gasteiger partial charge >= 0.3 is 0 Å². The molecule has 1 heterocycles. The number of hydrogen-bond donors (Lipinski definition) is 2. The van der Waals surface area contributed by atoms with E-state index in [9.17, 15) is 9.59 Å². The number of carbonyl (C=O) groups excluding carboxylic acids is 2. The summed E-state index contributed by atoms with van der Waals surface area (Å²) in [5, 5.41) is 0. The lowest BCUT2D eigenvalue weighted by Crippen LogP contribution is -2.41. The molecule has 0 radical (unpaired) electrons. The predicted molar refractivity (Wildman–Crippen MR) is 59.3 cm³/mol. The highest BCUT2D eigenvalue weighted by molar-refractivity contribution is 5.95. The van der Waals surface area contributed by atoms with Crippen LogP contribution in [0.25, 0.3) is 0 Å². The van der Waals surface area contributed by atoms with Gasteiger partial charge in [-0.05, 0) is 26.0 Å². The topological polar surface area (TPSA) is 71.1 Å². The number of pyridine rings is 1. The molecule has 0 spiro atoms. The van der Waals surface area contributed by atoms with Gasteiger partial charge in [0, 0.05) is 12.3 Å². The smallest absolute Gasteiger partial charge is 0.268 e. The van der Waals surface area contributed by atoms with E-state index in [2.05, 4.69) is 15.8 Å². The minimum atomic E-state index is -0.448. The third-order valence-electron chi connectivity index (χ3n) is 1.62. The van der Waals surface area contributed by atoms with E-state index in [0.29, 0.717) is 0 Å². The highest BCUT2D eigenvalue weighted by atomic mass is 16.2. The Bertz CT molecular complexity index is 408. The summed E-state index contributed by atoms with van der Waals surface area (Å²) >= 11 is 0. The molecule has 1 rings (SSSR count). The monoisotopic (exact) mass is 219 g/mol. The van der Waals surface area contributed by atoms with Crippen LogP contribution in [-0.4, -0.2) is 16.8 Å². The molecule has 0 aliphatic rings. The molecule has 16 heavy (non-hydrogen) atoms. The van der Waals surface area contributed by atoms with Crippen LogP contribution in [0.2, 0.25) is 0 Å². The molecule has 0 aliphatic heterocycles. The zero-order valence-electron chi connectivity index (χ0n) is 9.15. The Labute approximate surface area is 93.5 Å². The van der Waals surface area contributed by atoms with E-state index in [4.69, 9.17) is 0 Å². The van der Waals surface area contributed by atoms with Crippen LogP contribution in [0.3, 0.4) is 0 Å². The van der Waals surface area contributed by atoms with Crippen LogP contribution >= 0.6 is 0 Å². The van der Waals surface area contributed by atoms with Gasteiger partial charge in [0.1, 0.15) is 5.69 Å². The molecule has 2 amide bonds. The largest absolute Gasteiger partial charge is 0.288 e. The van der Waals surface area contributed by atoms with Crippen LogP contribution in [0.15, 0.2) is 36.0 Å². The van der Waals surface area contributed by atoms with Gasteiger partial charge in [-0.25, -0.2) is 0 Å². The zero-order chi connectivity index (χ0) is 12.0. The van der Waals surface area contributed by atoms with Gasteiger partial charge in [-0.15, -0.1) is 0 Å². The number of aromatic nitrogens is 1. The first kappa shape index (κ1) is 11.9. The fourth-order valence-corrected chi connectivity index (χ4v) is 0.978. The summed E-state index contributed by atoms with van der Waals surface area (Å²) in [5.74, 6) is -0.819.